The van der Waals surface area contributed by atoms with Gasteiger partial charge in [0.05, 0.1) is 5.75 Å². The second-order valence-corrected chi connectivity index (χ2v) is 5.72. The lowest BCUT2D eigenvalue weighted by molar-refractivity contribution is -0.119. The van der Waals surface area contributed by atoms with Gasteiger partial charge in [-0.15, -0.1) is 24.2 Å². The van der Waals surface area contributed by atoms with Crippen LogP contribution in [0.15, 0.2) is 24.3 Å². The zero-order chi connectivity index (χ0) is 12.8. The van der Waals surface area contributed by atoms with E-state index in [2.05, 4.69) is 41.8 Å². The summed E-state index contributed by atoms with van der Waals surface area (Å²) in [5, 5.41) is 6.30. The van der Waals surface area contributed by atoms with Crippen LogP contribution in [0.5, 0.6) is 0 Å². The zero-order valence-electron chi connectivity index (χ0n) is 11.1. The SMILES string of the molecule is Cc1cccc(CSCC(=O)NC2CCNC2)c1.Cl. The monoisotopic (exact) mass is 300 g/mol. The van der Waals surface area contributed by atoms with Crippen molar-refractivity contribution in [3.8, 4) is 0 Å². The number of carbonyl (C=O) groups excluding carboxylic acids is 1. The van der Waals surface area contributed by atoms with E-state index in [1.165, 1.54) is 11.1 Å². The van der Waals surface area contributed by atoms with Crippen molar-refractivity contribution in [2.45, 2.75) is 25.1 Å². The Kier molecular flexibility index (Phi) is 7.28. The molecule has 3 nitrogen and oxygen atoms in total. The van der Waals surface area contributed by atoms with Crippen molar-refractivity contribution in [2.75, 3.05) is 18.8 Å². The molecule has 1 amide bonds. The van der Waals surface area contributed by atoms with E-state index in [-0.39, 0.29) is 18.3 Å². The molecule has 2 N–H and O–H groups in total. The number of hydrogen-bond donors (Lipinski definition) is 2. The fourth-order valence-corrected chi connectivity index (χ4v) is 2.90. The lowest BCUT2D eigenvalue weighted by atomic mass is 10.2. The fourth-order valence-electron chi connectivity index (χ4n) is 2.11. The van der Waals surface area contributed by atoms with Gasteiger partial charge in [0.1, 0.15) is 0 Å². The second kappa shape index (κ2) is 8.46. The summed E-state index contributed by atoms with van der Waals surface area (Å²) >= 11 is 1.67. The second-order valence-electron chi connectivity index (χ2n) is 4.74. The molecule has 0 spiro atoms. The third-order valence-corrected chi connectivity index (χ3v) is 4.01. The van der Waals surface area contributed by atoms with Gasteiger partial charge in [0, 0.05) is 18.3 Å². The number of aryl methyl sites for hydroxylation is 1. The summed E-state index contributed by atoms with van der Waals surface area (Å²) in [6.45, 7) is 4.02. The average Bonchev–Trinajstić information content (AvgIpc) is 2.82. The molecule has 1 aromatic carbocycles. The molecule has 1 fully saturated rings. The smallest absolute Gasteiger partial charge is 0.230 e. The number of halogens is 1. The van der Waals surface area contributed by atoms with Gasteiger partial charge in [-0.2, -0.15) is 0 Å². The van der Waals surface area contributed by atoms with Gasteiger partial charge in [0.25, 0.3) is 0 Å². The van der Waals surface area contributed by atoms with Gasteiger partial charge in [0.15, 0.2) is 0 Å². The minimum absolute atomic E-state index is 0. The Bertz CT molecular complexity index is 408. The molecule has 0 bridgehead atoms. The molecule has 106 valence electrons. The summed E-state index contributed by atoms with van der Waals surface area (Å²) in [5.41, 5.74) is 2.56. The Morgan fingerprint density at radius 2 is 2.37 bits per heavy atom. The molecule has 2 rings (SSSR count). The molecule has 0 radical (unpaired) electrons. The van der Waals surface area contributed by atoms with E-state index in [1.807, 2.05) is 0 Å². The summed E-state index contributed by atoms with van der Waals surface area (Å²) in [5.74, 6) is 1.60. The molecule has 1 aliphatic heterocycles. The third kappa shape index (κ3) is 5.85. The predicted molar refractivity (Wildman–Crippen MR) is 84.0 cm³/mol. The van der Waals surface area contributed by atoms with E-state index < -0.39 is 0 Å². The first kappa shape index (κ1) is 16.3. The van der Waals surface area contributed by atoms with Crippen LogP contribution < -0.4 is 10.6 Å². The summed E-state index contributed by atoms with van der Waals surface area (Å²) in [4.78, 5) is 11.7. The van der Waals surface area contributed by atoms with E-state index in [0.29, 0.717) is 11.8 Å². The van der Waals surface area contributed by atoms with E-state index in [4.69, 9.17) is 0 Å². The molecule has 1 unspecified atom stereocenters. The van der Waals surface area contributed by atoms with Crippen molar-refractivity contribution in [1.82, 2.24) is 10.6 Å². The fraction of sp³-hybridized carbons (Fsp3) is 0.500. The first-order chi connectivity index (χ1) is 8.74. The van der Waals surface area contributed by atoms with Gasteiger partial charge in [-0.1, -0.05) is 29.8 Å². The zero-order valence-corrected chi connectivity index (χ0v) is 12.8. The first-order valence-corrected chi connectivity index (χ1v) is 7.53. The number of amides is 1. The highest BCUT2D eigenvalue weighted by atomic mass is 35.5. The van der Waals surface area contributed by atoms with E-state index in [0.717, 1.165) is 25.3 Å². The number of benzene rings is 1. The predicted octanol–water partition coefficient (Wildman–Crippen LogP) is 2.13. The van der Waals surface area contributed by atoms with Gasteiger partial charge >= 0.3 is 0 Å². The molecular formula is C14H21ClN2OS. The first-order valence-electron chi connectivity index (χ1n) is 6.37. The Balaban J connectivity index is 0.00000180. The number of thioether (sulfide) groups is 1. The van der Waals surface area contributed by atoms with Crippen molar-refractivity contribution < 1.29 is 4.79 Å². The lowest BCUT2D eigenvalue weighted by Gasteiger charge is -2.10. The molecule has 5 heteroatoms. The topological polar surface area (TPSA) is 41.1 Å². The molecular weight excluding hydrogens is 280 g/mol. The number of hydrogen-bond acceptors (Lipinski definition) is 3. The Hall–Kier alpha value is -0.710. The van der Waals surface area contributed by atoms with Crippen LogP contribution in [0, 0.1) is 6.92 Å². The average molecular weight is 301 g/mol. The molecule has 0 aromatic heterocycles. The molecule has 1 saturated heterocycles. The van der Waals surface area contributed by atoms with Crippen LogP contribution in [0.1, 0.15) is 17.5 Å². The van der Waals surface area contributed by atoms with Crippen LogP contribution >= 0.6 is 24.2 Å². The Morgan fingerprint density at radius 1 is 1.53 bits per heavy atom. The van der Waals surface area contributed by atoms with Crippen LogP contribution in [-0.4, -0.2) is 30.8 Å². The number of nitrogens with one attached hydrogen (secondary N) is 2. The molecule has 1 atom stereocenters. The van der Waals surface area contributed by atoms with Crippen LogP contribution in [0.25, 0.3) is 0 Å². The normalized spacial score (nSPS) is 17.8. The lowest BCUT2D eigenvalue weighted by Crippen LogP contribution is -2.37. The minimum atomic E-state index is 0. The maximum Gasteiger partial charge on any atom is 0.230 e. The summed E-state index contributed by atoms with van der Waals surface area (Å²) in [6.07, 6.45) is 1.05. The van der Waals surface area contributed by atoms with Gasteiger partial charge in [-0.05, 0) is 25.5 Å². The van der Waals surface area contributed by atoms with Gasteiger partial charge < -0.3 is 10.6 Å². The number of carbonyl (C=O) groups is 1. The van der Waals surface area contributed by atoms with Crippen molar-refractivity contribution in [3.63, 3.8) is 0 Å². The van der Waals surface area contributed by atoms with Crippen molar-refractivity contribution in [1.29, 1.82) is 0 Å². The Morgan fingerprint density at radius 3 is 3.05 bits per heavy atom. The van der Waals surface area contributed by atoms with Crippen molar-refractivity contribution >= 4 is 30.1 Å². The van der Waals surface area contributed by atoms with Crippen LogP contribution in [-0.2, 0) is 10.5 Å². The highest BCUT2D eigenvalue weighted by molar-refractivity contribution is 7.99. The van der Waals surface area contributed by atoms with Gasteiger partial charge in [-0.3, -0.25) is 4.79 Å². The molecule has 1 heterocycles. The summed E-state index contributed by atoms with van der Waals surface area (Å²) < 4.78 is 0. The standard InChI is InChI=1S/C14H20N2OS.ClH/c1-11-3-2-4-12(7-11)9-18-10-14(17)16-13-5-6-15-8-13;/h2-4,7,13,15H,5-6,8-10H2,1H3,(H,16,17);1H. The quantitative estimate of drug-likeness (QED) is 0.875. The van der Waals surface area contributed by atoms with Crippen LogP contribution in [0.3, 0.4) is 0 Å². The van der Waals surface area contributed by atoms with Gasteiger partial charge in [0.2, 0.25) is 5.91 Å². The molecule has 1 aromatic rings. The van der Waals surface area contributed by atoms with Gasteiger partial charge in [-0.25, -0.2) is 0 Å². The minimum Gasteiger partial charge on any atom is -0.351 e. The van der Waals surface area contributed by atoms with E-state index >= 15 is 0 Å². The van der Waals surface area contributed by atoms with Crippen molar-refractivity contribution in [3.05, 3.63) is 35.4 Å². The molecule has 1 aliphatic rings. The maximum atomic E-state index is 11.7. The van der Waals surface area contributed by atoms with E-state index in [9.17, 15) is 4.79 Å². The largest absolute Gasteiger partial charge is 0.351 e. The maximum absolute atomic E-state index is 11.7. The summed E-state index contributed by atoms with van der Waals surface area (Å²) in [7, 11) is 0. The Labute approximate surface area is 125 Å². The van der Waals surface area contributed by atoms with Crippen LogP contribution in [0.4, 0.5) is 0 Å². The molecule has 0 saturated carbocycles. The highest BCUT2D eigenvalue weighted by Crippen LogP contribution is 2.13. The van der Waals surface area contributed by atoms with Crippen LogP contribution in [0.2, 0.25) is 0 Å². The molecule has 19 heavy (non-hydrogen) atoms. The summed E-state index contributed by atoms with van der Waals surface area (Å²) in [6, 6.07) is 8.77. The van der Waals surface area contributed by atoms with E-state index in [1.54, 1.807) is 11.8 Å². The third-order valence-electron chi connectivity index (χ3n) is 3.01. The number of rotatable bonds is 5. The molecule has 0 aliphatic carbocycles. The highest BCUT2D eigenvalue weighted by Gasteiger charge is 2.16. The van der Waals surface area contributed by atoms with Crippen molar-refractivity contribution in [2.24, 2.45) is 0 Å².